The van der Waals surface area contributed by atoms with Gasteiger partial charge in [-0.05, 0) is 25.7 Å². The summed E-state index contributed by atoms with van der Waals surface area (Å²) in [5.41, 5.74) is 0.669. The maximum absolute atomic E-state index is 13.4. The van der Waals surface area contributed by atoms with E-state index in [2.05, 4.69) is 20.6 Å². The summed E-state index contributed by atoms with van der Waals surface area (Å²) >= 11 is 6.22. The summed E-state index contributed by atoms with van der Waals surface area (Å²) in [7, 11) is 1.80. The minimum absolute atomic E-state index is 0.147. The Morgan fingerprint density at radius 1 is 1.29 bits per heavy atom. The van der Waals surface area contributed by atoms with E-state index in [4.69, 9.17) is 11.6 Å². The van der Waals surface area contributed by atoms with Crippen LogP contribution in [0, 0.1) is 0 Å². The van der Waals surface area contributed by atoms with Crippen LogP contribution < -0.4 is 5.32 Å². The number of anilines is 1. The summed E-state index contributed by atoms with van der Waals surface area (Å²) in [6.07, 6.45) is 2.19. The molecule has 0 radical (unpaired) electrons. The van der Waals surface area contributed by atoms with E-state index in [1.165, 1.54) is 4.68 Å². The summed E-state index contributed by atoms with van der Waals surface area (Å²) < 4.78 is 44.6. The number of carbonyl (C=O) groups excluding carboxylic acids is 1. The van der Waals surface area contributed by atoms with Crippen molar-refractivity contribution in [1.29, 1.82) is 0 Å². The SMILES string of the molecule is CC[C@H](C(=O)Nc1nn(Cc2cnn(C)c2)cc1Cl)n1nc(C(F)(F)F)c2c1CCC2. The van der Waals surface area contributed by atoms with Crippen LogP contribution in [-0.2, 0) is 37.4 Å². The highest BCUT2D eigenvalue weighted by Gasteiger charge is 2.41. The standard InChI is InChI=1S/C19H21ClF3N7O/c1-3-14(30-15-6-4-5-12(15)16(26-30)19(21,22)23)18(31)25-17-13(20)10-29(27-17)9-11-7-24-28(2)8-11/h7-8,10,14H,3-6,9H2,1-2H3,(H,25,27,31)/t14-/m1/s1. The molecule has 0 spiro atoms. The molecule has 0 aromatic carbocycles. The van der Waals surface area contributed by atoms with Crippen LogP contribution in [0.1, 0.15) is 48.3 Å². The Labute approximate surface area is 181 Å². The average molecular weight is 456 g/mol. The molecule has 0 saturated carbocycles. The molecule has 3 aromatic rings. The molecular formula is C19H21ClF3N7O. The normalized spacial score (nSPS) is 14.6. The molecule has 1 aliphatic rings. The van der Waals surface area contributed by atoms with Gasteiger partial charge in [-0.15, -0.1) is 0 Å². The molecule has 3 heterocycles. The number of hydrogen-bond donors (Lipinski definition) is 1. The van der Waals surface area contributed by atoms with Crippen molar-refractivity contribution in [3.63, 3.8) is 0 Å². The summed E-state index contributed by atoms with van der Waals surface area (Å²) in [6.45, 7) is 2.13. The highest BCUT2D eigenvalue weighted by atomic mass is 35.5. The number of aryl methyl sites for hydroxylation is 1. The molecule has 1 amide bonds. The number of fused-ring (bicyclic) bond motifs is 1. The third-order valence-corrected chi connectivity index (χ3v) is 5.55. The van der Waals surface area contributed by atoms with Crippen LogP contribution in [0.4, 0.5) is 19.0 Å². The predicted molar refractivity (Wildman–Crippen MR) is 107 cm³/mol. The summed E-state index contributed by atoms with van der Waals surface area (Å²) in [5.74, 6) is -0.365. The number of nitrogens with zero attached hydrogens (tertiary/aromatic N) is 6. The van der Waals surface area contributed by atoms with Crippen molar-refractivity contribution in [2.45, 2.75) is 51.4 Å². The Morgan fingerprint density at radius 3 is 2.71 bits per heavy atom. The molecular weight excluding hydrogens is 435 g/mol. The van der Waals surface area contributed by atoms with Crippen LogP contribution in [-0.4, -0.2) is 35.2 Å². The summed E-state index contributed by atoms with van der Waals surface area (Å²) in [4.78, 5) is 13.0. The van der Waals surface area contributed by atoms with Gasteiger partial charge in [0.15, 0.2) is 11.5 Å². The second kappa shape index (κ2) is 8.03. The van der Waals surface area contributed by atoms with Crippen molar-refractivity contribution in [2.24, 2.45) is 7.05 Å². The molecule has 0 bridgehead atoms. The third kappa shape index (κ3) is 4.18. The third-order valence-electron chi connectivity index (χ3n) is 5.27. The van der Waals surface area contributed by atoms with Crippen molar-refractivity contribution >= 4 is 23.3 Å². The van der Waals surface area contributed by atoms with Crippen LogP contribution in [0.25, 0.3) is 0 Å². The quantitative estimate of drug-likeness (QED) is 0.615. The van der Waals surface area contributed by atoms with Crippen LogP contribution >= 0.6 is 11.6 Å². The average Bonchev–Trinajstić information content (AvgIpc) is 3.43. The smallest absolute Gasteiger partial charge is 0.306 e. The van der Waals surface area contributed by atoms with E-state index >= 15 is 0 Å². The van der Waals surface area contributed by atoms with E-state index in [9.17, 15) is 18.0 Å². The first-order valence-corrected chi connectivity index (χ1v) is 10.2. The minimum Gasteiger partial charge on any atom is -0.306 e. The van der Waals surface area contributed by atoms with Gasteiger partial charge in [0.05, 0.1) is 12.7 Å². The molecule has 12 heteroatoms. The van der Waals surface area contributed by atoms with Gasteiger partial charge in [0, 0.05) is 36.3 Å². The Balaban J connectivity index is 1.56. The van der Waals surface area contributed by atoms with E-state index in [-0.39, 0.29) is 22.8 Å². The second-order valence-electron chi connectivity index (χ2n) is 7.53. The lowest BCUT2D eigenvalue weighted by Gasteiger charge is -2.17. The number of amides is 1. The van der Waals surface area contributed by atoms with Crippen LogP contribution in [0.2, 0.25) is 5.02 Å². The Hall–Kier alpha value is -2.82. The predicted octanol–water partition coefficient (Wildman–Crippen LogP) is 3.61. The summed E-state index contributed by atoms with van der Waals surface area (Å²) in [5, 5.41) is 15.0. The molecule has 0 unspecified atom stereocenters. The van der Waals surface area contributed by atoms with Crippen molar-refractivity contribution in [3.05, 3.63) is 46.1 Å². The highest BCUT2D eigenvalue weighted by Crippen LogP contribution is 2.38. The van der Waals surface area contributed by atoms with Crippen LogP contribution in [0.15, 0.2) is 18.6 Å². The topological polar surface area (TPSA) is 82.6 Å². The van der Waals surface area contributed by atoms with Crippen molar-refractivity contribution in [2.75, 3.05) is 5.32 Å². The van der Waals surface area contributed by atoms with Crippen molar-refractivity contribution in [1.82, 2.24) is 29.3 Å². The van der Waals surface area contributed by atoms with E-state index in [1.54, 1.807) is 35.7 Å². The molecule has 0 fully saturated rings. The van der Waals surface area contributed by atoms with Crippen LogP contribution in [0.3, 0.4) is 0 Å². The van der Waals surface area contributed by atoms with Gasteiger partial charge in [0.2, 0.25) is 5.91 Å². The fraction of sp³-hybridized carbons (Fsp3) is 0.474. The van der Waals surface area contributed by atoms with Gasteiger partial charge in [0.1, 0.15) is 11.1 Å². The Morgan fingerprint density at radius 2 is 2.06 bits per heavy atom. The van der Waals surface area contributed by atoms with E-state index < -0.39 is 23.8 Å². The van der Waals surface area contributed by atoms with Gasteiger partial charge in [-0.1, -0.05) is 18.5 Å². The van der Waals surface area contributed by atoms with E-state index in [0.717, 1.165) is 5.56 Å². The first-order chi connectivity index (χ1) is 14.7. The lowest BCUT2D eigenvalue weighted by molar-refractivity contribution is -0.142. The zero-order valence-corrected chi connectivity index (χ0v) is 17.7. The van der Waals surface area contributed by atoms with Gasteiger partial charge in [0.25, 0.3) is 0 Å². The molecule has 4 rings (SSSR count). The monoisotopic (exact) mass is 455 g/mol. The molecule has 1 aliphatic carbocycles. The first kappa shape index (κ1) is 21.4. The van der Waals surface area contributed by atoms with Gasteiger partial charge in [-0.25, -0.2) is 0 Å². The minimum atomic E-state index is -4.55. The number of rotatable bonds is 6. The van der Waals surface area contributed by atoms with Crippen LogP contribution in [0.5, 0.6) is 0 Å². The highest BCUT2D eigenvalue weighted by molar-refractivity contribution is 6.33. The van der Waals surface area contributed by atoms with Gasteiger partial charge < -0.3 is 5.32 Å². The number of alkyl halides is 3. The molecule has 3 aromatic heterocycles. The van der Waals surface area contributed by atoms with Gasteiger partial charge in [-0.3, -0.25) is 18.8 Å². The molecule has 0 aliphatic heterocycles. The molecule has 1 N–H and O–H groups in total. The fourth-order valence-electron chi connectivity index (χ4n) is 3.92. The van der Waals surface area contributed by atoms with Gasteiger partial charge in [-0.2, -0.15) is 28.5 Å². The van der Waals surface area contributed by atoms with E-state index in [1.807, 2.05) is 6.20 Å². The number of hydrogen-bond acceptors (Lipinski definition) is 4. The zero-order valence-electron chi connectivity index (χ0n) is 16.9. The molecule has 166 valence electrons. The number of carbonyl (C=O) groups is 1. The lowest BCUT2D eigenvalue weighted by Crippen LogP contribution is -2.28. The van der Waals surface area contributed by atoms with Crippen molar-refractivity contribution in [3.8, 4) is 0 Å². The molecule has 0 saturated heterocycles. The van der Waals surface area contributed by atoms with Gasteiger partial charge >= 0.3 is 6.18 Å². The second-order valence-corrected chi connectivity index (χ2v) is 7.94. The first-order valence-electron chi connectivity index (χ1n) is 9.86. The Kier molecular flexibility index (Phi) is 5.54. The zero-order chi connectivity index (χ0) is 22.3. The number of halogens is 4. The van der Waals surface area contributed by atoms with E-state index in [0.29, 0.717) is 31.5 Å². The summed E-state index contributed by atoms with van der Waals surface area (Å²) in [6, 6.07) is -0.900. The fourth-order valence-corrected chi connectivity index (χ4v) is 4.12. The maximum Gasteiger partial charge on any atom is 0.435 e. The Bertz CT molecular complexity index is 1110. The largest absolute Gasteiger partial charge is 0.435 e. The molecule has 31 heavy (non-hydrogen) atoms. The maximum atomic E-state index is 13.4. The molecule has 1 atom stereocenters. The number of nitrogens with one attached hydrogen (secondary N) is 1. The molecule has 8 nitrogen and oxygen atoms in total. The van der Waals surface area contributed by atoms with Crippen molar-refractivity contribution < 1.29 is 18.0 Å². The number of aromatic nitrogens is 6. The lowest BCUT2D eigenvalue weighted by atomic mass is 10.1.